The summed E-state index contributed by atoms with van der Waals surface area (Å²) in [5.74, 6) is 1.27. The smallest absolute Gasteiger partial charge is 0.311 e. The number of rotatable bonds is 5. The number of nitriles is 1. The lowest BCUT2D eigenvalue weighted by Gasteiger charge is -2.11. The Kier molecular flexibility index (Phi) is 4.43. The van der Waals surface area contributed by atoms with E-state index in [-0.39, 0.29) is 5.69 Å². The van der Waals surface area contributed by atoms with E-state index >= 15 is 0 Å². The van der Waals surface area contributed by atoms with Crippen molar-refractivity contribution in [3.8, 4) is 6.07 Å². The summed E-state index contributed by atoms with van der Waals surface area (Å²) in [6.45, 7) is 5.40. The maximum atomic E-state index is 12.8. The number of pyridine rings is 2. The van der Waals surface area contributed by atoms with Crippen LogP contribution in [0.1, 0.15) is 31.7 Å². The molecule has 0 fully saturated rings. The maximum absolute atomic E-state index is 12.8. The molecule has 0 radical (unpaired) electrons. The van der Waals surface area contributed by atoms with Crippen LogP contribution in [0.5, 0.6) is 0 Å². The monoisotopic (exact) mass is 375 g/mol. The minimum Gasteiger partial charge on any atom is -0.311 e. The highest BCUT2D eigenvalue weighted by Gasteiger charge is 2.17. The Morgan fingerprint density at radius 1 is 1.21 bits per heavy atom. The van der Waals surface area contributed by atoms with E-state index < -0.39 is 0 Å². The van der Waals surface area contributed by atoms with E-state index in [9.17, 15) is 4.79 Å². The van der Waals surface area contributed by atoms with Crippen LogP contribution in [0.2, 0.25) is 0 Å². The molecule has 0 aromatic carbocycles. The molecule has 0 saturated heterocycles. The number of hydrogen-bond acceptors (Lipinski definition) is 5. The van der Waals surface area contributed by atoms with Gasteiger partial charge >= 0.3 is 5.69 Å². The van der Waals surface area contributed by atoms with Gasteiger partial charge in [0.2, 0.25) is 0 Å². The molecule has 8 heteroatoms. The number of hydrogen-bond donors (Lipinski definition) is 0. The molecule has 0 aliphatic carbocycles. The van der Waals surface area contributed by atoms with E-state index in [1.165, 1.54) is 0 Å². The van der Waals surface area contributed by atoms with Crippen molar-refractivity contribution in [1.29, 1.82) is 5.26 Å². The first kappa shape index (κ1) is 17.9. The van der Waals surface area contributed by atoms with E-state index in [0.717, 1.165) is 35.5 Å². The summed E-state index contributed by atoms with van der Waals surface area (Å²) < 4.78 is 5.35. The summed E-state index contributed by atoms with van der Waals surface area (Å²) in [7, 11) is 1.75. The number of nitrogens with zero attached hydrogens (tertiary/aromatic N) is 7. The van der Waals surface area contributed by atoms with Crippen molar-refractivity contribution >= 4 is 22.2 Å². The van der Waals surface area contributed by atoms with Crippen molar-refractivity contribution in [1.82, 2.24) is 28.7 Å². The quantitative estimate of drug-likeness (QED) is 0.534. The minimum absolute atomic E-state index is 0.115. The molecular weight excluding hydrogens is 354 g/mol. The molecule has 4 aromatic rings. The number of imidazole rings is 2. The van der Waals surface area contributed by atoms with Crippen molar-refractivity contribution < 1.29 is 0 Å². The lowest BCUT2D eigenvalue weighted by Crippen LogP contribution is -2.24. The lowest BCUT2D eigenvalue weighted by atomic mass is 10.1. The summed E-state index contributed by atoms with van der Waals surface area (Å²) in [6.07, 6.45) is 5.90. The lowest BCUT2D eigenvalue weighted by molar-refractivity contribution is 0.505. The third-order valence-corrected chi connectivity index (χ3v) is 4.97. The van der Waals surface area contributed by atoms with E-state index in [0.29, 0.717) is 23.5 Å². The molecule has 0 bridgehead atoms. The topological polar surface area (TPSA) is 94.3 Å². The summed E-state index contributed by atoms with van der Waals surface area (Å²) in [5, 5.41) is 9.16. The van der Waals surface area contributed by atoms with Gasteiger partial charge in [-0.25, -0.2) is 14.8 Å². The zero-order valence-corrected chi connectivity index (χ0v) is 16.1. The third kappa shape index (κ3) is 2.95. The zero-order valence-electron chi connectivity index (χ0n) is 16.1. The van der Waals surface area contributed by atoms with Crippen LogP contribution >= 0.6 is 0 Å². The summed E-state index contributed by atoms with van der Waals surface area (Å²) in [4.78, 5) is 26.1. The Morgan fingerprint density at radius 3 is 2.79 bits per heavy atom. The average Bonchev–Trinajstić information content (AvgIpc) is 3.16. The average molecular weight is 375 g/mol. The second-order valence-electron chi connectivity index (χ2n) is 7.33. The predicted molar refractivity (Wildman–Crippen MR) is 106 cm³/mol. The van der Waals surface area contributed by atoms with Gasteiger partial charge in [-0.05, 0) is 24.5 Å². The Hall–Kier alpha value is -3.47. The molecule has 4 heterocycles. The molecule has 0 N–H and O–H groups in total. The first-order chi connectivity index (χ1) is 13.5. The van der Waals surface area contributed by atoms with Crippen molar-refractivity contribution in [2.45, 2.75) is 33.4 Å². The van der Waals surface area contributed by atoms with Gasteiger partial charge in [0.25, 0.3) is 0 Å². The van der Waals surface area contributed by atoms with Crippen LogP contribution in [0.15, 0.2) is 35.5 Å². The summed E-state index contributed by atoms with van der Waals surface area (Å²) in [5.41, 5.74) is 3.36. The van der Waals surface area contributed by atoms with Crippen LogP contribution in [0.3, 0.4) is 0 Å². The fourth-order valence-corrected chi connectivity index (χ4v) is 3.41. The fraction of sp³-hybridized carbons (Fsp3) is 0.350. The van der Waals surface area contributed by atoms with Crippen LogP contribution < -0.4 is 5.69 Å². The molecule has 0 atom stereocenters. The standard InChI is InChI=1S/C20H21N7O/c1-13(2)5-7-26-18(24-15-8-14(9-21)10-23-19(15)26)12-27-17-11-22-6-4-16(17)25(3)20(27)28/h4,6,8,10-11,13H,5,7,12H2,1-3H3. The Bertz CT molecular complexity index is 1270. The van der Waals surface area contributed by atoms with E-state index in [1.54, 1.807) is 40.8 Å². The van der Waals surface area contributed by atoms with Gasteiger partial charge < -0.3 is 4.57 Å². The molecule has 0 saturated carbocycles. The third-order valence-electron chi connectivity index (χ3n) is 4.97. The summed E-state index contributed by atoms with van der Waals surface area (Å²) >= 11 is 0. The zero-order chi connectivity index (χ0) is 19.8. The molecule has 28 heavy (non-hydrogen) atoms. The van der Waals surface area contributed by atoms with Gasteiger partial charge in [0.05, 0.1) is 29.3 Å². The molecule has 0 spiro atoms. The Balaban J connectivity index is 1.86. The Labute approximate surface area is 161 Å². The molecule has 4 rings (SSSR count). The van der Waals surface area contributed by atoms with Gasteiger partial charge in [0, 0.05) is 26.0 Å². The predicted octanol–water partition coefficient (Wildman–Crippen LogP) is 2.45. The SMILES string of the molecule is CC(C)CCn1c(Cn2c(=O)n(C)c3ccncc32)nc2cc(C#N)cnc21. The van der Waals surface area contributed by atoms with Gasteiger partial charge in [-0.2, -0.15) is 5.26 Å². The molecule has 0 unspecified atom stereocenters. The number of aryl methyl sites for hydroxylation is 2. The van der Waals surface area contributed by atoms with Crippen LogP contribution in [-0.2, 0) is 20.1 Å². The Morgan fingerprint density at radius 2 is 2.04 bits per heavy atom. The maximum Gasteiger partial charge on any atom is 0.329 e. The van der Waals surface area contributed by atoms with E-state index in [1.807, 2.05) is 6.07 Å². The first-order valence-electron chi connectivity index (χ1n) is 9.24. The van der Waals surface area contributed by atoms with Gasteiger partial charge in [-0.3, -0.25) is 14.1 Å². The molecule has 0 aliphatic heterocycles. The number of fused-ring (bicyclic) bond motifs is 2. The van der Waals surface area contributed by atoms with Crippen molar-refractivity contribution in [3.63, 3.8) is 0 Å². The second-order valence-corrected chi connectivity index (χ2v) is 7.33. The second kappa shape index (κ2) is 6.93. The fourth-order valence-electron chi connectivity index (χ4n) is 3.41. The van der Waals surface area contributed by atoms with Gasteiger partial charge in [0.1, 0.15) is 17.4 Å². The largest absolute Gasteiger partial charge is 0.329 e. The molecule has 0 amide bonds. The molecule has 0 aliphatic rings. The normalized spacial score (nSPS) is 11.5. The van der Waals surface area contributed by atoms with Crippen molar-refractivity contribution in [3.05, 3.63) is 52.6 Å². The molecule has 4 aromatic heterocycles. The van der Waals surface area contributed by atoms with Gasteiger partial charge in [-0.15, -0.1) is 0 Å². The molecule has 8 nitrogen and oxygen atoms in total. The molecule has 142 valence electrons. The molecular formula is C20H21N7O. The highest BCUT2D eigenvalue weighted by molar-refractivity contribution is 5.75. The van der Waals surface area contributed by atoms with Crippen molar-refractivity contribution in [2.24, 2.45) is 13.0 Å². The van der Waals surface area contributed by atoms with Crippen LogP contribution in [0.4, 0.5) is 0 Å². The summed E-state index contributed by atoms with van der Waals surface area (Å²) in [6, 6.07) is 5.68. The van der Waals surface area contributed by atoms with Crippen LogP contribution in [0.25, 0.3) is 22.2 Å². The number of aromatic nitrogens is 6. The highest BCUT2D eigenvalue weighted by atomic mass is 16.1. The van der Waals surface area contributed by atoms with Gasteiger partial charge in [0.15, 0.2) is 5.65 Å². The van der Waals surface area contributed by atoms with E-state index in [4.69, 9.17) is 10.2 Å². The van der Waals surface area contributed by atoms with Crippen molar-refractivity contribution in [2.75, 3.05) is 0 Å². The van der Waals surface area contributed by atoms with E-state index in [2.05, 4.69) is 34.5 Å². The van der Waals surface area contributed by atoms with Gasteiger partial charge in [-0.1, -0.05) is 13.8 Å². The van der Waals surface area contributed by atoms with Crippen LogP contribution in [0, 0.1) is 17.2 Å². The van der Waals surface area contributed by atoms with Crippen LogP contribution in [-0.4, -0.2) is 28.7 Å². The first-order valence-corrected chi connectivity index (χ1v) is 9.24. The minimum atomic E-state index is -0.115. The highest BCUT2D eigenvalue weighted by Crippen LogP contribution is 2.19.